The zero-order valence-corrected chi connectivity index (χ0v) is 15.7. The number of carbonyl (C=O) groups is 1. The van der Waals surface area contributed by atoms with E-state index >= 15 is 0 Å². The molecule has 0 bridgehead atoms. The Morgan fingerprint density at radius 2 is 1.97 bits per heavy atom. The van der Waals surface area contributed by atoms with Gasteiger partial charge in [-0.3, -0.25) is 4.79 Å². The van der Waals surface area contributed by atoms with Crippen LogP contribution in [0.4, 0.5) is 33.2 Å². The molecule has 152 valence electrons. The van der Waals surface area contributed by atoms with Crippen LogP contribution in [0, 0.1) is 11.7 Å². The number of ether oxygens (including phenoxy) is 1. The molecule has 0 saturated heterocycles. The van der Waals surface area contributed by atoms with Gasteiger partial charge in [-0.2, -0.15) is 4.98 Å². The molecule has 0 radical (unpaired) electrons. The highest BCUT2D eigenvalue weighted by Gasteiger charge is 2.40. The van der Waals surface area contributed by atoms with Crippen LogP contribution in [-0.2, 0) is 4.79 Å². The number of carbonyl (C=O) groups excluding carboxylic acids is 1. The molecule has 1 aliphatic heterocycles. The molecule has 1 saturated carbocycles. The van der Waals surface area contributed by atoms with E-state index in [1.165, 1.54) is 12.1 Å². The third-order valence-electron chi connectivity index (χ3n) is 4.91. The van der Waals surface area contributed by atoms with Crippen LogP contribution in [0.5, 0.6) is 11.5 Å². The minimum absolute atomic E-state index is 0.0356. The lowest BCUT2D eigenvalue weighted by Crippen LogP contribution is -2.38. The summed E-state index contributed by atoms with van der Waals surface area (Å²) in [5.41, 5.74) is 1.62. The summed E-state index contributed by atoms with van der Waals surface area (Å²) in [4.78, 5) is 20.3. The molecular formula is C21H18FN5O3. The number of nitrogens with one attached hydrogen (secondary N) is 3. The van der Waals surface area contributed by atoms with Gasteiger partial charge in [-0.15, -0.1) is 0 Å². The predicted molar refractivity (Wildman–Crippen MR) is 109 cm³/mol. The van der Waals surface area contributed by atoms with Crippen molar-refractivity contribution in [2.24, 2.45) is 5.92 Å². The van der Waals surface area contributed by atoms with Crippen molar-refractivity contribution in [3.05, 3.63) is 54.5 Å². The fourth-order valence-electron chi connectivity index (χ4n) is 3.28. The Morgan fingerprint density at radius 1 is 1.13 bits per heavy atom. The summed E-state index contributed by atoms with van der Waals surface area (Å²) in [6, 6.07) is 11.6. The fraction of sp³-hybridized carbons (Fsp3) is 0.190. The fourth-order valence-corrected chi connectivity index (χ4v) is 3.28. The maximum atomic E-state index is 14.3. The smallest absolute Gasteiger partial charge is 0.265 e. The summed E-state index contributed by atoms with van der Waals surface area (Å²) in [5, 5.41) is 18.2. The SMILES string of the molecule is O=C1Nc2cc(Nc3nc(Nc4cccc(O)c4)ncc3F)ccc2OC1C1CC1. The van der Waals surface area contributed by atoms with Gasteiger partial charge >= 0.3 is 0 Å². The number of phenolic OH excluding ortho intramolecular Hbond substituents is 1. The number of nitrogens with zero attached hydrogens (tertiary/aromatic N) is 2. The Labute approximate surface area is 171 Å². The van der Waals surface area contributed by atoms with Crippen LogP contribution >= 0.6 is 0 Å². The number of halogens is 1. The van der Waals surface area contributed by atoms with Crippen LogP contribution in [0.15, 0.2) is 48.7 Å². The summed E-state index contributed by atoms with van der Waals surface area (Å²) < 4.78 is 20.1. The second-order valence-electron chi connectivity index (χ2n) is 7.27. The van der Waals surface area contributed by atoms with Crippen molar-refractivity contribution < 1.29 is 19.0 Å². The van der Waals surface area contributed by atoms with E-state index in [0.717, 1.165) is 19.0 Å². The van der Waals surface area contributed by atoms with Crippen molar-refractivity contribution in [2.45, 2.75) is 18.9 Å². The van der Waals surface area contributed by atoms with Crippen molar-refractivity contribution in [3.63, 3.8) is 0 Å². The van der Waals surface area contributed by atoms with Crippen molar-refractivity contribution in [2.75, 3.05) is 16.0 Å². The predicted octanol–water partition coefficient (Wildman–Crippen LogP) is 3.92. The van der Waals surface area contributed by atoms with Crippen LogP contribution in [-0.4, -0.2) is 27.1 Å². The van der Waals surface area contributed by atoms with Crippen LogP contribution in [0.25, 0.3) is 0 Å². The quantitative estimate of drug-likeness (QED) is 0.508. The largest absolute Gasteiger partial charge is 0.508 e. The van der Waals surface area contributed by atoms with Gasteiger partial charge < -0.3 is 25.8 Å². The highest BCUT2D eigenvalue weighted by Crippen LogP contribution is 2.41. The normalized spacial score (nSPS) is 17.5. The van der Waals surface area contributed by atoms with E-state index in [2.05, 4.69) is 25.9 Å². The first-order valence-corrected chi connectivity index (χ1v) is 9.52. The summed E-state index contributed by atoms with van der Waals surface area (Å²) in [6.07, 6.45) is 2.60. The van der Waals surface area contributed by atoms with Gasteiger partial charge in [0, 0.05) is 23.4 Å². The molecule has 1 atom stereocenters. The van der Waals surface area contributed by atoms with Crippen LogP contribution < -0.4 is 20.7 Å². The van der Waals surface area contributed by atoms with Crippen molar-refractivity contribution in [1.29, 1.82) is 0 Å². The summed E-state index contributed by atoms with van der Waals surface area (Å²) in [7, 11) is 0. The number of rotatable bonds is 5. The lowest BCUT2D eigenvalue weighted by molar-refractivity contribution is -0.124. The van der Waals surface area contributed by atoms with Crippen molar-refractivity contribution in [1.82, 2.24) is 9.97 Å². The third-order valence-corrected chi connectivity index (χ3v) is 4.91. The number of hydrogen-bond acceptors (Lipinski definition) is 7. The highest BCUT2D eigenvalue weighted by molar-refractivity contribution is 5.98. The molecule has 5 rings (SSSR count). The maximum absolute atomic E-state index is 14.3. The van der Waals surface area contributed by atoms with Gasteiger partial charge in [0.2, 0.25) is 5.95 Å². The van der Waals surface area contributed by atoms with Crippen LogP contribution in [0.2, 0.25) is 0 Å². The van der Waals surface area contributed by atoms with Crippen molar-refractivity contribution >= 4 is 34.7 Å². The molecule has 2 aliphatic rings. The Morgan fingerprint density at radius 3 is 2.77 bits per heavy atom. The number of fused-ring (bicyclic) bond motifs is 1. The third kappa shape index (κ3) is 3.69. The van der Waals surface area contributed by atoms with E-state index < -0.39 is 11.9 Å². The molecule has 8 nitrogen and oxygen atoms in total. The number of hydrogen-bond donors (Lipinski definition) is 4. The van der Waals surface area contributed by atoms with Gasteiger partial charge in [0.25, 0.3) is 5.91 Å². The molecule has 1 fully saturated rings. The molecule has 1 aromatic heterocycles. The van der Waals surface area contributed by atoms with E-state index in [1.807, 2.05) is 0 Å². The summed E-state index contributed by atoms with van der Waals surface area (Å²) in [5.74, 6) is 0.284. The van der Waals surface area contributed by atoms with Crippen LogP contribution in [0.1, 0.15) is 12.8 Å². The molecule has 2 heterocycles. The number of aromatic nitrogens is 2. The van der Waals surface area contributed by atoms with Gasteiger partial charge in [-0.25, -0.2) is 9.37 Å². The number of benzene rings is 2. The second kappa shape index (κ2) is 7.18. The average Bonchev–Trinajstić information content (AvgIpc) is 3.55. The zero-order valence-electron chi connectivity index (χ0n) is 15.7. The topological polar surface area (TPSA) is 108 Å². The molecular weight excluding hydrogens is 389 g/mol. The lowest BCUT2D eigenvalue weighted by atomic mass is 10.1. The molecule has 30 heavy (non-hydrogen) atoms. The minimum atomic E-state index is -0.636. The second-order valence-corrected chi connectivity index (χ2v) is 7.27. The lowest BCUT2D eigenvalue weighted by Gasteiger charge is -2.26. The van der Waals surface area contributed by atoms with E-state index in [-0.39, 0.29) is 29.3 Å². The average molecular weight is 407 g/mol. The monoisotopic (exact) mass is 407 g/mol. The van der Waals surface area contributed by atoms with Gasteiger partial charge in [-0.1, -0.05) is 6.07 Å². The molecule has 1 amide bonds. The Hall–Kier alpha value is -3.88. The van der Waals surface area contributed by atoms with E-state index in [1.54, 1.807) is 30.3 Å². The molecule has 1 unspecified atom stereocenters. The van der Waals surface area contributed by atoms with Gasteiger partial charge in [0.15, 0.2) is 17.7 Å². The van der Waals surface area contributed by atoms with Gasteiger partial charge in [0.1, 0.15) is 11.5 Å². The molecule has 9 heteroatoms. The maximum Gasteiger partial charge on any atom is 0.265 e. The molecule has 0 spiro atoms. The Kier molecular flexibility index (Phi) is 4.35. The van der Waals surface area contributed by atoms with Gasteiger partial charge in [-0.05, 0) is 43.2 Å². The first-order chi connectivity index (χ1) is 14.5. The number of anilines is 5. The van der Waals surface area contributed by atoms with Gasteiger partial charge in [0.05, 0.1) is 11.9 Å². The molecule has 3 aromatic rings. The number of phenols is 1. The Balaban J connectivity index is 1.35. The first kappa shape index (κ1) is 18.2. The molecule has 2 aromatic carbocycles. The zero-order chi connectivity index (χ0) is 20.7. The van der Waals surface area contributed by atoms with E-state index in [4.69, 9.17) is 4.74 Å². The van der Waals surface area contributed by atoms with E-state index in [9.17, 15) is 14.3 Å². The first-order valence-electron chi connectivity index (χ1n) is 9.52. The number of aromatic hydroxyl groups is 1. The minimum Gasteiger partial charge on any atom is -0.508 e. The molecule has 4 N–H and O–H groups in total. The van der Waals surface area contributed by atoms with Crippen molar-refractivity contribution in [3.8, 4) is 11.5 Å². The standard InChI is InChI=1S/C21H18FN5O3/c22-15-10-23-21(25-12-2-1-3-14(28)8-12)27-19(15)24-13-6-7-17-16(9-13)26-20(29)18(30-17)11-4-5-11/h1-3,6-11,18,28H,4-5H2,(H,26,29)(H2,23,24,25,27). The molecule has 1 aliphatic carbocycles. The van der Waals surface area contributed by atoms with Crippen LogP contribution in [0.3, 0.4) is 0 Å². The van der Waals surface area contributed by atoms with E-state index in [0.29, 0.717) is 22.8 Å². The Bertz CT molecular complexity index is 1140. The number of amides is 1. The highest BCUT2D eigenvalue weighted by atomic mass is 19.1. The summed E-state index contributed by atoms with van der Waals surface area (Å²) in [6.45, 7) is 0. The summed E-state index contributed by atoms with van der Waals surface area (Å²) >= 11 is 0.